The molecule has 2 aromatic carbocycles. The van der Waals surface area contributed by atoms with Crippen LogP contribution >= 0.6 is 0 Å². The number of hydrogen-bond acceptors (Lipinski definition) is 5. The summed E-state index contributed by atoms with van der Waals surface area (Å²) in [6.45, 7) is -0.422. The number of phenols is 1. The molecule has 0 saturated carbocycles. The summed E-state index contributed by atoms with van der Waals surface area (Å²) in [6.07, 6.45) is -1.75. The molecule has 0 unspecified atom stereocenters. The molecule has 30 heavy (non-hydrogen) atoms. The van der Waals surface area contributed by atoms with E-state index in [9.17, 15) is 27.9 Å². The van der Waals surface area contributed by atoms with Gasteiger partial charge in [-0.15, -0.1) is 13.2 Å². The highest BCUT2D eigenvalue weighted by Gasteiger charge is 2.30. The molecule has 0 spiro atoms. The summed E-state index contributed by atoms with van der Waals surface area (Å²) in [5.41, 5.74) is 1.03. The summed E-state index contributed by atoms with van der Waals surface area (Å²) in [4.78, 5) is 23.6. The predicted octanol–water partition coefficient (Wildman–Crippen LogP) is 2.30. The Labute approximate surface area is 169 Å². The van der Waals surface area contributed by atoms with Crippen molar-refractivity contribution in [3.8, 4) is 11.5 Å². The van der Waals surface area contributed by atoms with Crippen molar-refractivity contribution in [3.05, 3.63) is 59.2 Å². The number of halogens is 3. The van der Waals surface area contributed by atoms with E-state index >= 15 is 0 Å². The zero-order valence-electron chi connectivity index (χ0n) is 15.6. The first-order chi connectivity index (χ1) is 14.2. The van der Waals surface area contributed by atoms with Gasteiger partial charge in [0.2, 0.25) is 5.91 Å². The number of amides is 2. The van der Waals surface area contributed by atoms with Gasteiger partial charge in [-0.1, -0.05) is 24.3 Å². The first kappa shape index (κ1) is 22.8. The molecule has 0 bridgehead atoms. The van der Waals surface area contributed by atoms with Gasteiger partial charge in [-0.25, -0.2) is 0 Å². The van der Waals surface area contributed by atoms with E-state index in [0.717, 1.165) is 12.1 Å². The number of nitrogens with one attached hydrogen (secondary N) is 2. The van der Waals surface area contributed by atoms with Gasteiger partial charge in [0.1, 0.15) is 11.5 Å². The second kappa shape index (κ2) is 10.3. The molecule has 0 aliphatic rings. The number of phenolic OH excluding ortho intramolecular Hbond substituents is 1. The highest BCUT2D eigenvalue weighted by Crippen LogP contribution is 2.24. The third-order valence-electron chi connectivity index (χ3n) is 3.70. The quantitative estimate of drug-likeness (QED) is 0.487. The Kier molecular flexibility index (Phi) is 7.82. The normalized spacial score (nSPS) is 11.3. The summed E-state index contributed by atoms with van der Waals surface area (Å²) in [5, 5.41) is 23.4. The number of alkyl halides is 3. The summed E-state index contributed by atoms with van der Waals surface area (Å²) >= 11 is 0. The van der Waals surface area contributed by atoms with Crippen LogP contribution < -0.4 is 15.4 Å². The highest BCUT2D eigenvalue weighted by atomic mass is 19.4. The van der Waals surface area contributed by atoms with Gasteiger partial charge in [0.25, 0.3) is 5.91 Å². The standard InChI is InChI=1S/C20H19F3N2O5/c21-20(22,23)30-16-6-2-13(3-7-16)1-4-14-11-15(5-8-17(14)27)19(29)25-12-18(28)24-9-10-26/h1-8,11,26-27H,9-10,12H2,(H,24,28)(H,25,29)/b4-1+. The molecule has 0 fully saturated rings. The number of benzene rings is 2. The van der Waals surface area contributed by atoms with E-state index in [1.54, 1.807) is 0 Å². The lowest BCUT2D eigenvalue weighted by molar-refractivity contribution is -0.274. The molecular formula is C20H19F3N2O5. The van der Waals surface area contributed by atoms with Crippen molar-refractivity contribution >= 4 is 24.0 Å². The Balaban J connectivity index is 2.04. The molecule has 10 heteroatoms. The Bertz CT molecular complexity index is 912. The highest BCUT2D eigenvalue weighted by molar-refractivity contribution is 5.97. The second-order valence-corrected chi connectivity index (χ2v) is 5.98. The van der Waals surface area contributed by atoms with Crippen molar-refractivity contribution in [2.75, 3.05) is 19.7 Å². The molecule has 0 aliphatic carbocycles. The summed E-state index contributed by atoms with van der Waals surface area (Å²) in [7, 11) is 0. The molecule has 7 nitrogen and oxygen atoms in total. The topological polar surface area (TPSA) is 108 Å². The van der Waals surface area contributed by atoms with Crippen molar-refractivity contribution in [1.82, 2.24) is 10.6 Å². The predicted molar refractivity (Wildman–Crippen MR) is 103 cm³/mol. The molecule has 160 valence electrons. The average Bonchev–Trinajstić information content (AvgIpc) is 2.69. The van der Waals surface area contributed by atoms with E-state index in [0.29, 0.717) is 11.1 Å². The Morgan fingerprint density at radius 2 is 1.73 bits per heavy atom. The van der Waals surface area contributed by atoms with Crippen LogP contribution in [-0.4, -0.2) is 48.1 Å². The van der Waals surface area contributed by atoms with Gasteiger partial charge in [-0.3, -0.25) is 9.59 Å². The largest absolute Gasteiger partial charge is 0.573 e. The van der Waals surface area contributed by atoms with Crippen LogP contribution in [0.2, 0.25) is 0 Å². The van der Waals surface area contributed by atoms with Crippen LogP contribution in [0.3, 0.4) is 0 Å². The van der Waals surface area contributed by atoms with Crippen LogP contribution in [0.5, 0.6) is 11.5 Å². The third-order valence-corrected chi connectivity index (χ3v) is 3.70. The van der Waals surface area contributed by atoms with Crippen molar-refractivity contribution < 1.29 is 37.7 Å². The first-order valence-corrected chi connectivity index (χ1v) is 8.70. The van der Waals surface area contributed by atoms with Gasteiger partial charge in [-0.2, -0.15) is 0 Å². The molecule has 0 saturated heterocycles. The minimum Gasteiger partial charge on any atom is -0.507 e. The number of hydrogen-bond donors (Lipinski definition) is 4. The van der Waals surface area contributed by atoms with Gasteiger partial charge < -0.3 is 25.6 Å². The van der Waals surface area contributed by atoms with Gasteiger partial charge in [0.05, 0.1) is 13.2 Å². The Morgan fingerprint density at radius 1 is 1.03 bits per heavy atom. The molecule has 2 rings (SSSR count). The van der Waals surface area contributed by atoms with Crippen molar-refractivity contribution in [3.63, 3.8) is 0 Å². The SMILES string of the molecule is O=C(CNC(=O)c1ccc(O)c(/C=C/c2ccc(OC(F)(F)F)cc2)c1)NCCO. The number of aliphatic hydroxyl groups excluding tert-OH is 1. The van der Waals surface area contributed by atoms with Crippen LogP contribution in [0.4, 0.5) is 13.2 Å². The lowest BCUT2D eigenvalue weighted by Gasteiger charge is -2.08. The van der Waals surface area contributed by atoms with Crippen LogP contribution in [-0.2, 0) is 4.79 Å². The van der Waals surface area contributed by atoms with Crippen molar-refractivity contribution in [2.24, 2.45) is 0 Å². The Hall–Kier alpha value is -3.53. The van der Waals surface area contributed by atoms with Gasteiger partial charge in [-0.05, 0) is 35.9 Å². The van der Waals surface area contributed by atoms with Gasteiger partial charge in [0, 0.05) is 17.7 Å². The van der Waals surface area contributed by atoms with E-state index in [1.807, 2.05) is 0 Å². The lowest BCUT2D eigenvalue weighted by atomic mass is 10.1. The maximum absolute atomic E-state index is 12.2. The molecule has 0 radical (unpaired) electrons. The minimum absolute atomic E-state index is 0.0756. The fourth-order valence-corrected chi connectivity index (χ4v) is 2.32. The number of aromatic hydroxyl groups is 1. The summed E-state index contributed by atoms with van der Waals surface area (Å²) < 4.78 is 40.3. The Morgan fingerprint density at radius 3 is 2.37 bits per heavy atom. The van der Waals surface area contributed by atoms with Crippen LogP contribution in [0.25, 0.3) is 12.2 Å². The van der Waals surface area contributed by atoms with Crippen molar-refractivity contribution in [1.29, 1.82) is 0 Å². The number of carbonyl (C=O) groups excluding carboxylic acids is 2. The van der Waals surface area contributed by atoms with E-state index in [-0.39, 0.29) is 36.8 Å². The molecule has 4 N–H and O–H groups in total. The average molecular weight is 424 g/mol. The van der Waals surface area contributed by atoms with Crippen LogP contribution in [0, 0.1) is 0 Å². The monoisotopic (exact) mass is 424 g/mol. The number of ether oxygens (including phenoxy) is 1. The van der Waals surface area contributed by atoms with Gasteiger partial charge in [0.15, 0.2) is 0 Å². The molecule has 0 aromatic heterocycles. The van der Waals surface area contributed by atoms with Crippen LogP contribution in [0.15, 0.2) is 42.5 Å². The molecule has 0 heterocycles. The first-order valence-electron chi connectivity index (χ1n) is 8.70. The summed E-state index contributed by atoms with van der Waals surface area (Å²) in [6, 6.07) is 9.18. The fourth-order valence-electron chi connectivity index (χ4n) is 2.32. The number of carbonyl (C=O) groups is 2. The summed E-state index contributed by atoms with van der Waals surface area (Å²) in [5.74, 6) is -1.48. The maximum atomic E-state index is 12.2. The third kappa shape index (κ3) is 7.47. The zero-order chi connectivity index (χ0) is 22.1. The van der Waals surface area contributed by atoms with E-state index in [2.05, 4.69) is 15.4 Å². The van der Waals surface area contributed by atoms with E-state index in [4.69, 9.17) is 5.11 Å². The zero-order valence-corrected chi connectivity index (χ0v) is 15.6. The fraction of sp³-hybridized carbons (Fsp3) is 0.200. The number of aliphatic hydroxyl groups is 1. The second-order valence-electron chi connectivity index (χ2n) is 5.98. The number of rotatable bonds is 8. The van der Waals surface area contributed by atoms with Crippen LogP contribution in [0.1, 0.15) is 21.5 Å². The molecule has 2 amide bonds. The van der Waals surface area contributed by atoms with E-state index in [1.165, 1.54) is 42.5 Å². The smallest absolute Gasteiger partial charge is 0.507 e. The molecular weight excluding hydrogens is 405 g/mol. The van der Waals surface area contributed by atoms with Gasteiger partial charge >= 0.3 is 6.36 Å². The van der Waals surface area contributed by atoms with Crippen molar-refractivity contribution in [2.45, 2.75) is 6.36 Å². The minimum atomic E-state index is -4.77. The molecule has 0 aliphatic heterocycles. The molecule has 2 aromatic rings. The lowest BCUT2D eigenvalue weighted by Crippen LogP contribution is -2.37. The maximum Gasteiger partial charge on any atom is 0.573 e. The van der Waals surface area contributed by atoms with E-state index < -0.39 is 18.2 Å². The molecule has 0 atom stereocenters.